The van der Waals surface area contributed by atoms with Crippen molar-refractivity contribution in [3.63, 3.8) is 0 Å². The highest BCUT2D eigenvalue weighted by Crippen LogP contribution is 2.23. The van der Waals surface area contributed by atoms with Crippen LogP contribution in [-0.2, 0) is 9.59 Å². The van der Waals surface area contributed by atoms with E-state index in [1.54, 1.807) is 48.5 Å². The third-order valence-electron chi connectivity index (χ3n) is 4.39. The lowest BCUT2D eigenvalue weighted by molar-refractivity contribution is -0.131. The van der Waals surface area contributed by atoms with Gasteiger partial charge in [-0.3, -0.25) is 9.59 Å². The number of amides is 1. The van der Waals surface area contributed by atoms with Gasteiger partial charge < -0.3 is 19.2 Å². The number of anilines is 1. The SMILES string of the molecule is CC(=O)Oc1ccc2nc(-c3ccc(NC(=O)COc4ccccc4)cc3)oc(=O)c2c1. The van der Waals surface area contributed by atoms with Crippen molar-refractivity contribution in [3.8, 4) is 23.0 Å². The zero-order chi connectivity index (χ0) is 22.5. The molecule has 0 bridgehead atoms. The fourth-order valence-electron chi connectivity index (χ4n) is 2.96. The molecule has 4 rings (SSSR count). The van der Waals surface area contributed by atoms with Crippen LogP contribution in [0.15, 0.2) is 82.0 Å². The third-order valence-corrected chi connectivity index (χ3v) is 4.39. The molecule has 0 aliphatic rings. The summed E-state index contributed by atoms with van der Waals surface area (Å²) in [5.41, 5.74) is 0.924. The summed E-state index contributed by atoms with van der Waals surface area (Å²) in [4.78, 5) is 39.9. The quantitative estimate of drug-likeness (QED) is 0.366. The van der Waals surface area contributed by atoms with E-state index in [0.717, 1.165) is 0 Å². The van der Waals surface area contributed by atoms with E-state index in [1.807, 2.05) is 18.2 Å². The highest BCUT2D eigenvalue weighted by atomic mass is 16.5. The minimum Gasteiger partial charge on any atom is -0.484 e. The van der Waals surface area contributed by atoms with Crippen molar-refractivity contribution in [1.82, 2.24) is 4.98 Å². The highest BCUT2D eigenvalue weighted by Gasteiger charge is 2.11. The van der Waals surface area contributed by atoms with Crippen LogP contribution in [0.1, 0.15) is 6.92 Å². The summed E-state index contributed by atoms with van der Waals surface area (Å²) in [5.74, 6) is 0.185. The summed E-state index contributed by atoms with van der Waals surface area (Å²) in [6, 6.07) is 20.3. The molecular formula is C24H18N2O6. The Labute approximate surface area is 182 Å². The number of benzene rings is 3. The maximum Gasteiger partial charge on any atom is 0.347 e. The fourth-order valence-corrected chi connectivity index (χ4v) is 2.96. The Morgan fingerprint density at radius 1 is 0.969 bits per heavy atom. The molecule has 0 fully saturated rings. The van der Waals surface area contributed by atoms with Gasteiger partial charge >= 0.3 is 11.6 Å². The predicted molar refractivity (Wildman–Crippen MR) is 118 cm³/mol. The van der Waals surface area contributed by atoms with E-state index in [-0.39, 0.29) is 29.5 Å². The van der Waals surface area contributed by atoms with Gasteiger partial charge in [-0.05, 0) is 54.6 Å². The van der Waals surface area contributed by atoms with Crippen LogP contribution < -0.4 is 20.4 Å². The zero-order valence-electron chi connectivity index (χ0n) is 17.0. The zero-order valence-corrected chi connectivity index (χ0v) is 17.0. The van der Waals surface area contributed by atoms with Gasteiger partial charge in [-0.15, -0.1) is 0 Å². The number of carbonyl (C=O) groups excluding carboxylic acids is 2. The Morgan fingerprint density at radius 3 is 2.44 bits per heavy atom. The van der Waals surface area contributed by atoms with Crippen LogP contribution in [-0.4, -0.2) is 23.5 Å². The minimum atomic E-state index is -0.602. The van der Waals surface area contributed by atoms with Gasteiger partial charge in [0.15, 0.2) is 6.61 Å². The summed E-state index contributed by atoms with van der Waals surface area (Å²) >= 11 is 0. The molecule has 3 aromatic carbocycles. The summed E-state index contributed by atoms with van der Waals surface area (Å²) in [6.07, 6.45) is 0. The number of hydrogen-bond donors (Lipinski definition) is 1. The molecule has 0 saturated heterocycles. The van der Waals surface area contributed by atoms with E-state index in [0.29, 0.717) is 22.5 Å². The normalized spacial score (nSPS) is 10.5. The van der Waals surface area contributed by atoms with Crippen LogP contribution in [0.5, 0.6) is 11.5 Å². The molecule has 0 aliphatic carbocycles. The molecule has 1 amide bonds. The van der Waals surface area contributed by atoms with Crippen LogP contribution in [0.4, 0.5) is 5.69 Å². The number of nitrogens with one attached hydrogen (secondary N) is 1. The van der Waals surface area contributed by atoms with Gasteiger partial charge in [-0.1, -0.05) is 18.2 Å². The molecular weight excluding hydrogens is 412 g/mol. The van der Waals surface area contributed by atoms with Crippen molar-refractivity contribution < 1.29 is 23.5 Å². The first-order valence-corrected chi connectivity index (χ1v) is 9.69. The average molecular weight is 430 g/mol. The van der Waals surface area contributed by atoms with Crippen molar-refractivity contribution in [2.45, 2.75) is 6.92 Å². The van der Waals surface area contributed by atoms with Gasteiger partial charge in [0.25, 0.3) is 5.91 Å². The molecule has 0 atom stereocenters. The lowest BCUT2D eigenvalue weighted by Crippen LogP contribution is -2.20. The first-order chi connectivity index (χ1) is 15.5. The van der Waals surface area contributed by atoms with Crippen molar-refractivity contribution in [1.29, 1.82) is 0 Å². The lowest BCUT2D eigenvalue weighted by atomic mass is 10.2. The molecule has 4 aromatic rings. The molecule has 160 valence electrons. The molecule has 0 unspecified atom stereocenters. The number of rotatable bonds is 6. The van der Waals surface area contributed by atoms with Crippen LogP contribution in [0.2, 0.25) is 0 Å². The largest absolute Gasteiger partial charge is 0.484 e. The van der Waals surface area contributed by atoms with E-state index < -0.39 is 11.6 Å². The second-order valence-electron chi connectivity index (χ2n) is 6.81. The van der Waals surface area contributed by atoms with E-state index in [4.69, 9.17) is 13.9 Å². The van der Waals surface area contributed by atoms with Gasteiger partial charge in [0, 0.05) is 18.2 Å². The molecule has 0 aliphatic heterocycles. The summed E-state index contributed by atoms with van der Waals surface area (Å²) in [7, 11) is 0. The Bertz CT molecular complexity index is 1330. The monoisotopic (exact) mass is 430 g/mol. The van der Waals surface area contributed by atoms with Crippen LogP contribution >= 0.6 is 0 Å². The topological polar surface area (TPSA) is 108 Å². The van der Waals surface area contributed by atoms with Crippen molar-refractivity contribution in [2.75, 3.05) is 11.9 Å². The van der Waals surface area contributed by atoms with Gasteiger partial charge in [-0.2, -0.15) is 0 Å². The summed E-state index contributed by atoms with van der Waals surface area (Å²) in [5, 5.41) is 2.94. The summed E-state index contributed by atoms with van der Waals surface area (Å²) < 4.78 is 15.7. The second-order valence-corrected chi connectivity index (χ2v) is 6.81. The number of carbonyl (C=O) groups is 2. The maximum absolute atomic E-state index is 12.4. The highest BCUT2D eigenvalue weighted by molar-refractivity contribution is 5.92. The number of fused-ring (bicyclic) bond motifs is 1. The maximum atomic E-state index is 12.4. The molecule has 0 radical (unpaired) electrons. The Morgan fingerprint density at radius 2 is 1.72 bits per heavy atom. The molecule has 8 nitrogen and oxygen atoms in total. The second kappa shape index (κ2) is 9.13. The smallest absolute Gasteiger partial charge is 0.347 e. The first-order valence-electron chi connectivity index (χ1n) is 9.69. The Balaban J connectivity index is 1.46. The van der Waals surface area contributed by atoms with E-state index in [1.165, 1.54) is 13.0 Å². The number of esters is 1. The molecule has 8 heteroatoms. The van der Waals surface area contributed by atoms with E-state index in [9.17, 15) is 14.4 Å². The fraction of sp³-hybridized carbons (Fsp3) is 0.0833. The number of aromatic nitrogens is 1. The van der Waals surface area contributed by atoms with Crippen LogP contribution in [0.3, 0.4) is 0 Å². The van der Waals surface area contributed by atoms with Gasteiger partial charge in [0.2, 0.25) is 5.89 Å². The van der Waals surface area contributed by atoms with E-state index in [2.05, 4.69) is 10.3 Å². The summed E-state index contributed by atoms with van der Waals surface area (Å²) in [6.45, 7) is 1.15. The molecule has 1 aromatic heterocycles. The molecule has 1 N–H and O–H groups in total. The van der Waals surface area contributed by atoms with Gasteiger partial charge in [0.1, 0.15) is 11.5 Å². The molecule has 1 heterocycles. The van der Waals surface area contributed by atoms with Crippen molar-refractivity contribution in [2.24, 2.45) is 0 Å². The predicted octanol–water partition coefficient (Wildman–Crippen LogP) is 3.80. The van der Waals surface area contributed by atoms with Crippen LogP contribution in [0, 0.1) is 0 Å². The van der Waals surface area contributed by atoms with Crippen molar-refractivity contribution in [3.05, 3.63) is 83.2 Å². The Kier molecular flexibility index (Phi) is 5.94. The number of para-hydroxylation sites is 1. The molecule has 32 heavy (non-hydrogen) atoms. The first kappa shape index (κ1) is 20.8. The Hall–Kier alpha value is -4.46. The van der Waals surface area contributed by atoms with Crippen molar-refractivity contribution >= 4 is 28.5 Å². The lowest BCUT2D eigenvalue weighted by Gasteiger charge is -2.08. The molecule has 0 spiro atoms. The third kappa shape index (κ3) is 4.99. The van der Waals surface area contributed by atoms with E-state index >= 15 is 0 Å². The van der Waals surface area contributed by atoms with Gasteiger partial charge in [-0.25, -0.2) is 9.78 Å². The number of nitrogens with zero attached hydrogens (tertiary/aromatic N) is 1. The molecule has 0 saturated carbocycles. The minimum absolute atomic E-state index is 0.123. The average Bonchev–Trinajstić information content (AvgIpc) is 2.79. The van der Waals surface area contributed by atoms with Gasteiger partial charge in [0.05, 0.1) is 10.9 Å². The number of ether oxygens (including phenoxy) is 2. The number of hydrogen-bond acceptors (Lipinski definition) is 7. The standard InChI is InChI=1S/C24H18N2O6/c1-15(27)31-19-11-12-21-20(13-19)24(29)32-23(26-21)16-7-9-17(10-8-16)25-22(28)14-30-18-5-3-2-4-6-18/h2-13H,14H2,1H3,(H,25,28). The van der Waals surface area contributed by atoms with Crippen LogP contribution in [0.25, 0.3) is 22.4 Å².